The maximum atomic E-state index is 2.74. The largest absolute Gasteiger partial charge is 1.00 e. The summed E-state index contributed by atoms with van der Waals surface area (Å²) in [4.78, 5) is 0. The Labute approximate surface area is 511 Å². The fraction of sp³-hybridized carbons (Fsp3) is 0.227. The number of rotatable bonds is 16. The van der Waals surface area contributed by atoms with Gasteiger partial charge in [0, 0.05) is 0 Å². The molecule has 0 aliphatic heterocycles. The monoisotopic (exact) mass is 1160 g/mol. The van der Waals surface area contributed by atoms with Gasteiger partial charge < -0.3 is 37.2 Å². The standard InChI is InChI=1S/C75H75Si.3ClH.Ti/c1-51-50-75(10,59(9)52(51)2)76(72-53(3)66(41-60-29-17-11-18-30-60)47-67(54(72)4)42-61-31-19-12-20-32-61,73-55(5)68(43-62-33-21-13-22-34-62)48-69(56(73)6)44-63-35-23-14-24-36-63)74-57(7)70(45-64-37-25-15-26-38-64)49-71(58(74)8)46-65-39-27-16-28-40-65;;;;/h11-40,47-49H,41-46H2,1-10H3;3*1H;/q;;;;+3/p-3. The third-order valence-corrected chi connectivity index (χ3v) is 26.6. The van der Waals surface area contributed by atoms with Crippen molar-refractivity contribution in [1.29, 1.82) is 0 Å². The molecule has 0 bridgehead atoms. The molecule has 10 rings (SSSR count). The van der Waals surface area contributed by atoms with Gasteiger partial charge in [0.25, 0.3) is 0 Å². The molecule has 404 valence electrons. The van der Waals surface area contributed by atoms with E-state index in [0.717, 1.165) is 38.5 Å². The third-order valence-electron chi connectivity index (χ3n) is 18.2. The Kier molecular flexibility index (Phi) is 20.5. The molecular formula is C75H75Cl3SiTi. The molecular weight excluding hydrogens is 1080 g/mol. The normalized spacial score (nSPS) is 14.2. The second-order valence-electron chi connectivity index (χ2n) is 22.6. The Morgan fingerprint density at radius 2 is 0.487 bits per heavy atom. The van der Waals surface area contributed by atoms with Crippen LogP contribution in [0.25, 0.3) is 0 Å². The molecule has 0 aromatic heterocycles. The molecule has 0 spiro atoms. The van der Waals surface area contributed by atoms with Gasteiger partial charge in [0.1, 0.15) is 0 Å². The summed E-state index contributed by atoms with van der Waals surface area (Å²) in [6, 6.07) is 75.4. The average molecular weight is 1160 g/mol. The van der Waals surface area contributed by atoms with Crippen LogP contribution < -0.4 is 52.8 Å². The number of hydrogen-bond acceptors (Lipinski definition) is 0. The van der Waals surface area contributed by atoms with E-state index in [2.05, 4.69) is 290 Å². The van der Waals surface area contributed by atoms with Gasteiger partial charge in [-0.05, 0) is 0 Å². The zero-order valence-corrected chi connectivity index (χ0v) is 53.3. The summed E-state index contributed by atoms with van der Waals surface area (Å²) >= 11 is 2.53. The summed E-state index contributed by atoms with van der Waals surface area (Å²) < 4.78 is 1.52. The van der Waals surface area contributed by atoms with Crippen LogP contribution in [0.1, 0.15) is 128 Å². The molecule has 0 saturated carbocycles. The van der Waals surface area contributed by atoms with Gasteiger partial charge in [-0.2, -0.15) is 0 Å². The predicted molar refractivity (Wildman–Crippen MR) is 327 cm³/mol. The van der Waals surface area contributed by atoms with Gasteiger partial charge in [0.15, 0.2) is 0 Å². The maximum absolute atomic E-state index is 3.60. The zero-order valence-electron chi connectivity index (χ0n) is 48.4. The first-order valence-electron chi connectivity index (χ1n) is 27.9. The van der Waals surface area contributed by atoms with E-state index in [1.807, 2.05) is 0 Å². The van der Waals surface area contributed by atoms with Crippen LogP contribution in [-0.4, -0.2) is 8.07 Å². The maximum Gasteiger partial charge on any atom is -1.00 e. The fourth-order valence-corrected chi connectivity index (χ4v) is 23.1. The van der Waals surface area contributed by atoms with E-state index in [0.29, 0.717) is 0 Å². The van der Waals surface area contributed by atoms with E-state index < -0.39 is 8.07 Å². The molecule has 0 fully saturated rings. The number of benzene rings is 9. The van der Waals surface area contributed by atoms with Gasteiger partial charge in [-0.25, -0.2) is 0 Å². The van der Waals surface area contributed by atoms with E-state index in [1.165, 1.54) is 121 Å². The first-order chi connectivity index (χ1) is 37.2. The second kappa shape index (κ2) is 26.5. The van der Waals surface area contributed by atoms with Crippen molar-refractivity contribution in [2.24, 2.45) is 0 Å². The van der Waals surface area contributed by atoms with Crippen LogP contribution in [0.3, 0.4) is 0 Å². The molecule has 0 heterocycles. The number of hydrogen-bond donors (Lipinski definition) is 0. The van der Waals surface area contributed by atoms with Crippen molar-refractivity contribution in [1.82, 2.24) is 0 Å². The summed E-state index contributed by atoms with van der Waals surface area (Å²) in [7, 11) is -3.60. The molecule has 0 radical (unpaired) electrons. The Balaban J connectivity index is 0.00000308. The molecule has 80 heavy (non-hydrogen) atoms. The van der Waals surface area contributed by atoms with E-state index in [1.54, 1.807) is 15.6 Å². The summed E-state index contributed by atoms with van der Waals surface area (Å²) in [6.07, 6.45) is 5.17. The minimum atomic E-state index is -3.60. The molecule has 1 aliphatic carbocycles. The Morgan fingerprint density at radius 1 is 0.300 bits per heavy atom. The summed E-state index contributed by atoms with van der Waals surface area (Å²) in [6.45, 7) is 25.4. The molecule has 0 amide bonds. The van der Waals surface area contributed by atoms with Crippen LogP contribution in [0.15, 0.2) is 221 Å². The zero-order chi connectivity index (χ0) is 54.0. The first kappa shape index (κ1) is 61.9. The minimum absolute atomic E-state index is 0. The fourth-order valence-electron chi connectivity index (χ4n) is 13.8. The van der Waals surface area contributed by atoms with Crippen molar-refractivity contribution in [3.05, 3.63) is 321 Å². The molecule has 1 aliphatic rings. The smallest absolute Gasteiger partial charge is 1.00 e. The van der Waals surface area contributed by atoms with E-state index in [4.69, 9.17) is 0 Å². The molecule has 0 N–H and O–H groups in total. The second-order valence-corrected chi connectivity index (χ2v) is 27.3. The molecule has 5 heteroatoms. The van der Waals surface area contributed by atoms with Gasteiger partial charge in [-0.1, -0.05) is 0 Å². The van der Waals surface area contributed by atoms with Gasteiger partial charge in [0.05, 0.1) is 0 Å². The van der Waals surface area contributed by atoms with Gasteiger partial charge >= 0.3 is 478 Å². The topological polar surface area (TPSA) is 0 Å². The van der Waals surface area contributed by atoms with Crippen LogP contribution in [0.5, 0.6) is 0 Å². The van der Waals surface area contributed by atoms with E-state index >= 15 is 0 Å². The predicted octanol–water partition coefficient (Wildman–Crippen LogP) is 7.50. The van der Waals surface area contributed by atoms with Gasteiger partial charge in [0.2, 0.25) is 0 Å². The van der Waals surface area contributed by atoms with Crippen LogP contribution >= 0.6 is 0 Å². The molecule has 0 nitrogen and oxygen atoms in total. The van der Waals surface area contributed by atoms with E-state index in [-0.39, 0.29) is 42.3 Å². The first-order valence-corrected chi connectivity index (χ1v) is 30.7. The van der Waals surface area contributed by atoms with Crippen molar-refractivity contribution in [3.8, 4) is 0 Å². The Morgan fingerprint density at radius 3 is 0.650 bits per heavy atom. The molecule has 0 saturated heterocycles. The molecule has 1 unspecified atom stereocenters. The summed E-state index contributed by atoms with van der Waals surface area (Å²) in [5.41, 5.74) is 29.8. The van der Waals surface area contributed by atoms with Gasteiger partial charge in [-0.15, -0.1) is 0 Å². The van der Waals surface area contributed by atoms with Crippen molar-refractivity contribution >= 4 is 23.6 Å². The molecule has 1 atom stereocenters. The van der Waals surface area contributed by atoms with Crippen LogP contribution in [0.2, 0.25) is 5.04 Å². The van der Waals surface area contributed by atoms with Crippen molar-refractivity contribution in [2.75, 3.05) is 0 Å². The Bertz CT molecular complexity index is 3100. The van der Waals surface area contributed by atoms with Crippen LogP contribution in [0, 0.1) is 41.5 Å². The SMILES string of the molecule is CC1=C(C)C(C)([Si](c2c(C)c(Cc3ccccc3)cc(Cc3ccccc3)c2C)(c2c(C)c(Cc3ccccc3)cc(Cc3ccccc3)c2C)c2c(C)c(Cc3ccccc3)cc(Cc3ccccc3)c2C)[C]([Ti+3])=C1C.[Cl-].[Cl-].[Cl-]. The number of halogens is 3. The number of allylic oxidation sites excluding steroid dienone is 4. The summed E-state index contributed by atoms with van der Waals surface area (Å²) in [5, 5.41) is 4.41. The van der Waals surface area contributed by atoms with Gasteiger partial charge in [-0.3, -0.25) is 0 Å². The average Bonchev–Trinajstić information content (AvgIpc) is 3.82. The van der Waals surface area contributed by atoms with E-state index in [9.17, 15) is 0 Å². The van der Waals surface area contributed by atoms with Crippen molar-refractivity contribution in [3.63, 3.8) is 0 Å². The summed E-state index contributed by atoms with van der Waals surface area (Å²) in [5.74, 6) is 0. The minimum Gasteiger partial charge on any atom is -1.00 e. The van der Waals surface area contributed by atoms with Crippen LogP contribution in [0.4, 0.5) is 0 Å². The van der Waals surface area contributed by atoms with Crippen molar-refractivity contribution < 1.29 is 57.7 Å². The Hall–Kier alpha value is -5.74. The molecule has 9 aromatic rings. The van der Waals surface area contributed by atoms with Crippen LogP contribution in [-0.2, 0) is 59.0 Å². The van der Waals surface area contributed by atoms with Crippen molar-refractivity contribution in [2.45, 2.75) is 113 Å². The quantitative estimate of drug-likeness (QED) is 0.0696. The molecule has 9 aromatic carbocycles. The third kappa shape index (κ3) is 11.7.